The molecule has 3 aromatic carbocycles. The van der Waals surface area contributed by atoms with Crippen molar-refractivity contribution in [2.45, 2.75) is 0 Å². The van der Waals surface area contributed by atoms with Crippen molar-refractivity contribution in [2.24, 2.45) is 0 Å². The standard InChI is InChI=1S/C21H18N2O2/c1-24-17-10-8-16(9-11-17)23-20-13-12-18(25-2)14-19(20)21(22-23)15-6-4-3-5-7-15/h3-14H,1-2H3. The highest BCUT2D eigenvalue weighted by Gasteiger charge is 2.14. The summed E-state index contributed by atoms with van der Waals surface area (Å²) < 4.78 is 12.6. The summed E-state index contributed by atoms with van der Waals surface area (Å²) >= 11 is 0. The first-order valence-corrected chi connectivity index (χ1v) is 8.07. The van der Waals surface area contributed by atoms with Crippen LogP contribution < -0.4 is 9.47 Å². The first-order chi connectivity index (χ1) is 12.3. The lowest BCUT2D eigenvalue weighted by Gasteiger charge is -2.05. The molecule has 124 valence electrons. The van der Waals surface area contributed by atoms with Gasteiger partial charge in [-0.1, -0.05) is 30.3 Å². The highest BCUT2D eigenvalue weighted by molar-refractivity contribution is 5.95. The van der Waals surface area contributed by atoms with E-state index in [4.69, 9.17) is 14.6 Å². The second-order valence-corrected chi connectivity index (χ2v) is 5.71. The van der Waals surface area contributed by atoms with E-state index in [0.717, 1.165) is 39.3 Å². The van der Waals surface area contributed by atoms with Gasteiger partial charge in [0, 0.05) is 10.9 Å². The predicted molar refractivity (Wildman–Crippen MR) is 99.6 cm³/mol. The van der Waals surface area contributed by atoms with Crippen LogP contribution in [0.5, 0.6) is 11.5 Å². The van der Waals surface area contributed by atoms with E-state index in [-0.39, 0.29) is 0 Å². The van der Waals surface area contributed by atoms with Crippen LogP contribution in [0.25, 0.3) is 27.8 Å². The van der Waals surface area contributed by atoms with Crippen LogP contribution in [0.3, 0.4) is 0 Å². The molecule has 1 aromatic heterocycles. The molecule has 0 aliphatic carbocycles. The highest BCUT2D eigenvalue weighted by Crippen LogP contribution is 2.32. The number of nitrogens with zero attached hydrogens (tertiary/aromatic N) is 2. The Morgan fingerprint density at radius 2 is 1.44 bits per heavy atom. The molecule has 4 aromatic rings. The molecule has 0 aliphatic rings. The summed E-state index contributed by atoms with van der Waals surface area (Å²) in [6.45, 7) is 0. The average molecular weight is 330 g/mol. The Balaban J connectivity index is 1.95. The summed E-state index contributed by atoms with van der Waals surface area (Å²) in [4.78, 5) is 0. The lowest BCUT2D eigenvalue weighted by molar-refractivity contribution is 0.414. The summed E-state index contributed by atoms with van der Waals surface area (Å²) in [6.07, 6.45) is 0. The first-order valence-electron chi connectivity index (χ1n) is 8.07. The van der Waals surface area contributed by atoms with E-state index in [2.05, 4.69) is 12.1 Å². The smallest absolute Gasteiger partial charge is 0.119 e. The number of fused-ring (bicyclic) bond motifs is 1. The summed E-state index contributed by atoms with van der Waals surface area (Å²) in [5, 5.41) is 5.94. The molecule has 0 saturated carbocycles. The molecule has 0 saturated heterocycles. The van der Waals surface area contributed by atoms with E-state index >= 15 is 0 Å². The van der Waals surface area contributed by atoms with Gasteiger partial charge in [-0.25, -0.2) is 4.68 Å². The summed E-state index contributed by atoms with van der Waals surface area (Å²) in [7, 11) is 3.34. The maximum atomic E-state index is 5.40. The van der Waals surface area contributed by atoms with Crippen molar-refractivity contribution in [3.05, 3.63) is 72.8 Å². The van der Waals surface area contributed by atoms with Gasteiger partial charge in [-0.15, -0.1) is 0 Å². The number of benzene rings is 3. The highest BCUT2D eigenvalue weighted by atomic mass is 16.5. The molecule has 0 aliphatic heterocycles. The normalized spacial score (nSPS) is 10.8. The number of ether oxygens (including phenoxy) is 2. The van der Waals surface area contributed by atoms with Gasteiger partial charge in [-0.3, -0.25) is 0 Å². The van der Waals surface area contributed by atoms with Crippen LogP contribution in [0.2, 0.25) is 0 Å². The predicted octanol–water partition coefficient (Wildman–Crippen LogP) is 4.71. The SMILES string of the molecule is COc1ccc(-n2nc(-c3ccccc3)c3cc(OC)ccc32)cc1. The van der Waals surface area contributed by atoms with Crippen LogP contribution >= 0.6 is 0 Å². The molecular formula is C21H18N2O2. The van der Waals surface area contributed by atoms with Crippen LogP contribution in [0, 0.1) is 0 Å². The van der Waals surface area contributed by atoms with Crippen molar-refractivity contribution >= 4 is 10.9 Å². The average Bonchev–Trinajstić information content (AvgIpc) is 3.07. The largest absolute Gasteiger partial charge is 0.497 e. The third-order valence-electron chi connectivity index (χ3n) is 4.25. The van der Waals surface area contributed by atoms with E-state index in [1.165, 1.54) is 0 Å². The van der Waals surface area contributed by atoms with Gasteiger partial charge in [0.25, 0.3) is 0 Å². The van der Waals surface area contributed by atoms with E-state index in [9.17, 15) is 0 Å². The Morgan fingerprint density at radius 1 is 0.760 bits per heavy atom. The summed E-state index contributed by atoms with van der Waals surface area (Å²) in [6, 6.07) is 24.1. The van der Waals surface area contributed by atoms with Crippen LogP contribution in [0.1, 0.15) is 0 Å². The fourth-order valence-corrected chi connectivity index (χ4v) is 2.95. The molecule has 0 spiro atoms. The molecule has 25 heavy (non-hydrogen) atoms. The molecule has 0 radical (unpaired) electrons. The molecule has 0 fully saturated rings. The zero-order chi connectivity index (χ0) is 17.2. The van der Waals surface area contributed by atoms with Crippen LogP contribution in [-0.4, -0.2) is 24.0 Å². The third kappa shape index (κ3) is 2.72. The number of rotatable bonds is 4. The Hall–Kier alpha value is -3.27. The number of methoxy groups -OCH3 is 2. The van der Waals surface area contributed by atoms with Gasteiger partial charge in [0.05, 0.1) is 25.4 Å². The van der Waals surface area contributed by atoms with E-state index in [0.29, 0.717) is 0 Å². The van der Waals surface area contributed by atoms with Crippen molar-refractivity contribution in [3.63, 3.8) is 0 Å². The topological polar surface area (TPSA) is 36.3 Å². The van der Waals surface area contributed by atoms with Gasteiger partial charge >= 0.3 is 0 Å². The van der Waals surface area contributed by atoms with Gasteiger partial charge in [-0.05, 0) is 42.5 Å². The molecule has 4 heteroatoms. The Bertz CT molecular complexity index is 1010. The maximum absolute atomic E-state index is 5.40. The van der Waals surface area contributed by atoms with Gasteiger partial charge < -0.3 is 9.47 Å². The molecule has 0 N–H and O–H groups in total. The van der Waals surface area contributed by atoms with Gasteiger partial charge in [0.15, 0.2) is 0 Å². The Kier molecular flexibility index (Phi) is 3.86. The van der Waals surface area contributed by atoms with Crippen LogP contribution in [0.4, 0.5) is 0 Å². The quantitative estimate of drug-likeness (QED) is 0.544. The summed E-state index contributed by atoms with van der Waals surface area (Å²) in [5.41, 5.74) is 4.03. The second kappa shape index (κ2) is 6.32. The molecular weight excluding hydrogens is 312 g/mol. The van der Waals surface area contributed by atoms with Gasteiger partial charge in [0.2, 0.25) is 0 Å². The zero-order valence-electron chi connectivity index (χ0n) is 14.1. The molecule has 4 rings (SSSR count). The lowest BCUT2D eigenvalue weighted by Crippen LogP contribution is -1.96. The van der Waals surface area contributed by atoms with Crippen molar-refractivity contribution in [2.75, 3.05) is 14.2 Å². The Labute approximate surface area is 146 Å². The van der Waals surface area contributed by atoms with Crippen molar-refractivity contribution in [1.82, 2.24) is 9.78 Å². The fraction of sp³-hybridized carbons (Fsp3) is 0.0952. The minimum absolute atomic E-state index is 0.818. The number of aromatic nitrogens is 2. The third-order valence-corrected chi connectivity index (χ3v) is 4.25. The molecule has 4 nitrogen and oxygen atoms in total. The minimum atomic E-state index is 0.818. The molecule has 0 atom stereocenters. The van der Waals surface area contributed by atoms with Crippen molar-refractivity contribution in [1.29, 1.82) is 0 Å². The second-order valence-electron chi connectivity index (χ2n) is 5.71. The van der Waals surface area contributed by atoms with E-state index in [1.807, 2.05) is 65.3 Å². The number of hydrogen-bond donors (Lipinski definition) is 0. The van der Waals surface area contributed by atoms with E-state index in [1.54, 1.807) is 14.2 Å². The fourth-order valence-electron chi connectivity index (χ4n) is 2.95. The minimum Gasteiger partial charge on any atom is -0.497 e. The molecule has 0 bridgehead atoms. The first kappa shape index (κ1) is 15.3. The lowest BCUT2D eigenvalue weighted by atomic mass is 10.1. The van der Waals surface area contributed by atoms with Crippen molar-refractivity contribution in [3.8, 4) is 28.4 Å². The van der Waals surface area contributed by atoms with Gasteiger partial charge in [0.1, 0.15) is 17.2 Å². The molecule has 0 amide bonds. The van der Waals surface area contributed by atoms with Crippen LogP contribution in [-0.2, 0) is 0 Å². The van der Waals surface area contributed by atoms with Crippen molar-refractivity contribution < 1.29 is 9.47 Å². The maximum Gasteiger partial charge on any atom is 0.119 e. The number of hydrogen-bond acceptors (Lipinski definition) is 3. The monoisotopic (exact) mass is 330 g/mol. The zero-order valence-corrected chi connectivity index (χ0v) is 14.1. The molecule has 1 heterocycles. The summed E-state index contributed by atoms with van der Waals surface area (Å²) in [5.74, 6) is 1.64. The van der Waals surface area contributed by atoms with E-state index < -0.39 is 0 Å². The molecule has 0 unspecified atom stereocenters. The van der Waals surface area contributed by atoms with Gasteiger partial charge in [-0.2, -0.15) is 5.10 Å². The Morgan fingerprint density at radius 3 is 2.12 bits per heavy atom. The van der Waals surface area contributed by atoms with Crippen LogP contribution in [0.15, 0.2) is 72.8 Å².